The average molecular weight is 219 g/mol. The molecule has 1 aliphatic rings. The van der Waals surface area contributed by atoms with Crippen molar-refractivity contribution in [1.82, 2.24) is 9.97 Å². The van der Waals surface area contributed by atoms with Crippen LogP contribution in [0.5, 0.6) is 0 Å². The fraction of sp³-hybridized carbons (Fsp3) is 0. The Morgan fingerprint density at radius 1 is 0.941 bits per heavy atom. The highest BCUT2D eigenvalue weighted by molar-refractivity contribution is 6.10. The van der Waals surface area contributed by atoms with Crippen LogP contribution in [0.15, 0.2) is 48.9 Å². The van der Waals surface area contributed by atoms with Gasteiger partial charge in [-0.05, 0) is 17.0 Å². The van der Waals surface area contributed by atoms with Crippen LogP contribution in [0.3, 0.4) is 0 Å². The maximum absolute atomic E-state index is 4.28. The number of anilines is 2. The van der Waals surface area contributed by atoms with E-state index in [2.05, 4.69) is 51.7 Å². The molecule has 0 amide bonds. The second-order valence-corrected chi connectivity index (χ2v) is 4.12. The van der Waals surface area contributed by atoms with Crippen molar-refractivity contribution in [3.63, 3.8) is 0 Å². The molecule has 0 unspecified atom stereocenters. The van der Waals surface area contributed by atoms with Crippen molar-refractivity contribution in [2.75, 3.05) is 5.32 Å². The summed E-state index contributed by atoms with van der Waals surface area (Å²) in [5, 5.41) is 5.84. The smallest absolute Gasteiger partial charge is 0.141 e. The van der Waals surface area contributed by atoms with Crippen molar-refractivity contribution in [2.24, 2.45) is 0 Å². The molecule has 17 heavy (non-hydrogen) atoms. The molecule has 1 N–H and O–H groups in total. The molecule has 0 saturated heterocycles. The third-order valence-electron chi connectivity index (χ3n) is 3.16. The lowest BCUT2D eigenvalue weighted by Crippen LogP contribution is -2.03. The van der Waals surface area contributed by atoms with E-state index in [1.54, 1.807) is 6.33 Å². The first-order valence-electron chi connectivity index (χ1n) is 5.52. The number of nitrogens with zero attached hydrogens (tertiary/aromatic N) is 2. The Kier molecular flexibility index (Phi) is 1.56. The molecule has 2 heterocycles. The third-order valence-corrected chi connectivity index (χ3v) is 3.16. The number of aromatic nitrogens is 2. The van der Waals surface area contributed by atoms with Gasteiger partial charge in [-0.25, -0.2) is 9.97 Å². The molecule has 80 valence electrons. The van der Waals surface area contributed by atoms with Gasteiger partial charge in [0, 0.05) is 22.8 Å². The topological polar surface area (TPSA) is 37.8 Å². The monoisotopic (exact) mass is 219 g/mol. The van der Waals surface area contributed by atoms with Crippen LogP contribution in [0.1, 0.15) is 0 Å². The molecule has 0 fully saturated rings. The van der Waals surface area contributed by atoms with Crippen LogP contribution in [0, 0.1) is 0 Å². The largest absolute Gasteiger partial charge is 0.339 e. The van der Waals surface area contributed by atoms with Crippen LogP contribution < -0.4 is 5.32 Å². The highest BCUT2D eigenvalue weighted by Gasteiger charge is 2.17. The molecule has 0 saturated carbocycles. The Hall–Kier alpha value is -2.42. The van der Waals surface area contributed by atoms with Gasteiger partial charge in [0.1, 0.15) is 12.1 Å². The van der Waals surface area contributed by atoms with Gasteiger partial charge in [-0.2, -0.15) is 0 Å². The van der Waals surface area contributed by atoms with Crippen LogP contribution in [-0.2, 0) is 0 Å². The van der Waals surface area contributed by atoms with E-state index in [4.69, 9.17) is 0 Å². The third kappa shape index (κ3) is 1.11. The maximum Gasteiger partial charge on any atom is 0.141 e. The normalized spacial score (nSPS) is 12.0. The Bertz CT molecular complexity index is 729. The van der Waals surface area contributed by atoms with Crippen molar-refractivity contribution in [2.45, 2.75) is 0 Å². The lowest BCUT2D eigenvalue weighted by atomic mass is 9.95. The zero-order chi connectivity index (χ0) is 11.2. The highest BCUT2D eigenvalue weighted by atomic mass is 15.0. The van der Waals surface area contributed by atoms with Gasteiger partial charge in [0.05, 0.1) is 0 Å². The fourth-order valence-electron chi connectivity index (χ4n) is 2.42. The predicted octanol–water partition coefficient (Wildman–Crippen LogP) is 3.35. The Labute approximate surface area is 98.2 Å². The first kappa shape index (κ1) is 8.70. The standard InChI is InChI=1S/C14H9N3/c1-3-9-4-2-6-12-13(9)10(5-1)11-7-15-8-16-14(11)17-12/h1-8H,(H,15,16,17). The van der Waals surface area contributed by atoms with E-state index >= 15 is 0 Å². The van der Waals surface area contributed by atoms with Gasteiger partial charge in [-0.3, -0.25) is 0 Å². The predicted molar refractivity (Wildman–Crippen MR) is 68.3 cm³/mol. The molecule has 3 aromatic rings. The van der Waals surface area contributed by atoms with Gasteiger partial charge in [-0.15, -0.1) is 0 Å². The van der Waals surface area contributed by atoms with Gasteiger partial charge in [-0.1, -0.05) is 30.3 Å². The summed E-state index contributed by atoms with van der Waals surface area (Å²) >= 11 is 0. The van der Waals surface area contributed by atoms with Crippen LogP contribution in [0.25, 0.3) is 21.9 Å². The van der Waals surface area contributed by atoms with Crippen molar-refractivity contribution in [3.8, 4) is 11.1 Å². The summed E-state index contributed by atoms with van der Waals surface area (Å²) < 4.78 is 0. The van der Waals surface area contributed by atoms with E-state index in [0.29, 0.717) is 0 Å². The molecule has 0 atom stereocenters. The molecular formula is C14H9N3. The van der Waals surface area contributed by atoms with Crippen LogP contribution in [0.2, 0.25) is 0 Å². The lowest BCUT2D eigenvalue weighted by Gasteiger charge is -2.20. The summed E-state index contributed by atoms with van der Waals surface area (Å²) in [7, 11) is 0. The molecule has 0 spiro atoms. The molecule has 1 aliphatic heterocycles. The first-order valence-corrected chi connectivity index (χ1v) is 5.52. The number of hydrogen-bond acceptors (Lipinski definition) is 3. The van der Waals surface area contributed by atoms with Gasteiger partial charge >= 0.3 is 0 Å². The Balaban J connectivity index is 2.22. The molecule has 3 nitrogen and oxygen atoms in total. The highest BCUT2D eigenvalue weighted by Crippen LogP contribution is 2.41. The second-order valence-electron chi connectivity index (χ2n) is 4.12. The zero-order valence-corrected chi connectivity index (χ0v) is 9.01. The van der Waals surface area contributed by atoms with E-state index in [0.717, 1.165) is 17.1 Å². The molecule has 4 rings (SSSR count). The van der Waals surface area contributed by atoms with E-state index in [9.17, 15) is 0 Å². The molecule has 2 aromatic carbocycles. The summed E-state index contributed by atoms with van der Waals surface area (Å²) in [5.41, 5.74) is 3.38. The molecule has 0 bridgehead atoms. The first-order chi connectivity index (χ1) is 8.43. The van der Waals surface area contributed by atoms with Crippen LogP contribution >= 0.6 is 0 Å². The number of benzene rings is 2. The van der Waals surface area contributed by atoms with Gasteiger partial charge < -0.3 is 5.32 Å². The molecule has 0 aliphatic carbocycles. The van der Waals surface area contributed by atoms with Crippen molar-refractivity contribution in [3.05, 3.63) is 48.9 Å². The lowest BCUT2D eigenvalue weighted by molar-refractivity contribution is 1.17. The number of nitrogens with one attached hydrogen (secondary N) is 1. The Morgan fingerprint density at radius 2 is 1.82 bits per heavy atom. The number of rotatable bonds is 0. The fourth-order valence-corrected chi connectivity index (χ4v) is 2.42. The minimum absolute atomic E-state index is 0.881. The van der Waals surface area contributed by atoms with Gasteiger partial charge in [0.15, 0.2) is 0 Å². The van der Waals surface area contributed by atoms with E-state index in [1.807, 2.05) is 6.20 Å². The SMILES string of the molecule is c1cc2c3c(cccc3c1)-c1cncnc1N2. The number of fused-ring (bicyclic) bond motifs is 2. The summed E-state index contributed by atoms with van der Waals surface area (Å²) in [6.45, 7) is 0. The molecular weight excluding hydrogens is 210 g/mol. The van der Waals surface area contributed by atoms with E-state index in [-0.39, 0.29) is 0 Å². The summed E-state index contributed by atoms with van der Waals surface area (Å²) in [5.74, 6) is 0.881. The number of hydrogen-bond donors (Lipinski definition) is 1. The van der Waals surface area contributed by atoms with Gasteiger partial charge in [0.25, 0.3) is 0 Å². The molecule has 3 heteroatoms. The van der Waals surface area contributed by atoms with Crippen molar-refractivity contribution < 1.29 is 0 Å². The van der Waals surface area contributed by atoms with E-state index < -0.39 is 0 Å². The van der Waals surface area contributed by atoms with E-state index in [1.165, 1.54) is 16.3 Å². The van der Waals surface area contributed by atoms with Crippen LogP contribution in [-0.4, -0.2) is 9.97 Å². The summed E-state index contributed by atoms with van der Waals surface area (Å²) in [6, 6.07) is 12.6. The van der Waals surface area contributed by atoms with Crippen molar-refractivity contribution >= 4 is 22.3 Å². The Morgan fingerprint density at radius 3 is 2.76 bits per heavy atom. The second kappa shape index (κ2) is 3.04. The average Bonchev–Trinajstić information content (AvgIpc) is 2.39. The summed E-state index contributed by atoms with van der Waals surface area (Å²) in [6.07, 6.45) is 3.43. The van der Waals surface area contributed by atoms with Crippen LogP contribution in [0.4, 0.5) is 11.5 Å². The minimum Gasteiger partial charge on any atom is -0.339 e. The summed E-state index contributed by atoms with van der Waals surface area (Å²) in [4.78, 5) is 8.39. The van der Waals surface area contributed by atoms with Crippen molar-refractivity contribution in [1.29, 1.82) is 0 Å². The molecule has 0 radical (unpaired) electrons. The zero-order valence-electron chi connectivity index (χ0n) is 9.01. The van der Waals surface area contributed by atoms with Gasteiger partial charge in [0.2, 0.25) is 0 Å². The quantitative estimate of drug-likeness (QED) is 0.493. The molecule has 1 aromatic heterocycles. The minimum atomic E-state index is 0.881. The maximum atomic E-state index is 4.28.